The Morgan fingerprint density at radius 2 is 1.02 bits per heavy atom. The monoisotopic (exact) mass is 857 g/mol. The van der Waals surface area contributed by atoms with E-state index in [1.165, 1.54) is 0 Å². The van der Waals surface area contributed by atoms with Crippen LogP contribution >= 0.6 is 0 Å². The van der Waals surface area contributed by atoms with Gasteiger partial charge in [-0.1, -0.05) is 0 Å². The zero-order valence-electron chi connectivity index (χ0n) is 26.6. The van der Waals surface area contributed by atoms with Crippen LogP contribution in [-0.2, 0) is 23.3 Å². The van der Waals surface area contributed by atoms with Gasteiger partial charge in [0.25, 0.3) is 0 Å². The second-order valence-corrected chi connectivity index (χ2v) is 14.6. The molecule has 53 heavy (non-hydrogen) atoms. The van der Waals surface area contributed by atoms with Crippen molar-refractivity contribution in [3.63, 3.8) is 0 Å². The van der Waals surface area contributed by atoms with E-state index in [-0.39, 0.29) is 56.6 Å². The molecule has 0 saturated heterocycles. The topological polar surface area (TPSA) is 83.1 Å². The Morgan fingerprint density at radius 1 is 0.623 bits per heavy atom. The number of sulfonamides is 1. The molecule has 0 fully saturated rings. The van der Waals surface area contributed by atoms with Crippen LogP contribution in [0.15, 0.2) is 40.5 Å². The van der Waals surface area contributed by atoms with Gasteiger partial charge in [0.15, 0.2) is 0 Å². The van der Waals surface area contributed by atoms with Gasteiger partial charge in [-0.3, -0.25) is 0 Å². The van der Waals surface area contributed by atoms with Crippen LogP contribution in [0.2, 0.25) is 6.04 Å². The molecule has 1 rings (SSSR count). The van der Waals surface area contributed by atoms with Crippen molar-refractivity contribution in [1.82, 2.24) is 4.72 Å². The number of rotatable bonds is 17. The van der Waals surface area contributed by atoms with Crippen LogP contribution in [0.25, 0.3) is 0 Å². The molecule has 1 aromatic rings. The van der Waals surface area contributed by atoms with Crippen LogP contribution in [0.1, 0.15) is 27.2 Å². The molecule has 0 aliphatic heterocycles. The molecule has 1 aromatic carbocycles. The van der Waals surface area contributed by atoms with Crippen molar-refractivity contribution < 1.29 is 110 Å². The van der Waals surface area contributed by atoms with Crippen LogP contribution in [0.3, 0.4) is 0 Å². The average molecular weight is 858 g/mol. The number of ether oxygens (including phenoxy) is 1. The highest BCUT2D eigenvalue weighted by atomic mass is 32.2. The molecule has 0 spiro atoms. The lowest BCUT2D eigenvalue weighted by Gasteiger charge is -2.48. The molecule has 0 aliphatic carbocycles. The summed E-state index contributed by atoms with van der Waals surface area (Å²) in [4.78, 5) is -1.03. The average Bonchev–Trinajstić information content (AvgIpc) is 2.94. The van der Waals surface area contributed by atoms with Crippen LogP contribution < -0.4 is 9.46 Å². The zero-order valence-corrected chi connectivity index (χ0v) is 28.4. The molecule has 0 aromatic heterocycles. The molecular formula is C25H26F19NO6SSi. The molecule has 28 heteroatoms. The van der Waals surface area contributed by atoms with Crippen molar-refractivity contribution in [2.75, 3.05) is 26.4 Å². The highest BCUT2D eigenvalue weighted by Gasteiger charge is 2.96. The number of alkyl halides is 19. The zero-order chi connectivity index (χ0) is 41.9. The SMILES string of the molecule is CCO[Si](CCCNS(=O)(=O)c1ccc(O/C(=C(/C(F)(F)F)C(C(F)(F)F)(C(F)(F)C(F)(F)F)C(F)(F)C(F)(F)F)C(F)(F)F)cc1)(OCC)OCC. The summed E-state index contributed by atoms with van der Waals surface area (Å²) in [5, 5.41) is 0. The number of benzene rings is 1. The fourth-order valence-electron chi connectivity index (χ4n) is 4.60. The molecule has 0 unspecified atom stereocenters. The standard InChI is InChI=1S/C25H26F19NO6SSi/c1-4-48-53(49-5-2,50-6-3)13-7-12-45-52(46,47)15-10-8-14(9-11-15)51-17(20(29,30)31)16(19(26,27)28)18(23(36,37)38,21(32,33)24(39,40)41)22(34,35)25(42,43)44/h8-11,45H,4-7,12-13H2,1-3H3/b17-16+. The van der Waals surface area contributed by atoms with Gasteiger partial charge in [-0.05, 0) is 51.5 Å². The first kappa shape index (κ1) is 48.5. The van der Waals surface area contributed by atoms with E-state index >= 15 is 0 Å². The third-order valence-electron chi connectivity index (χ3n) is 6.62. The minimum Gasteiger partial charge on any atom is -0.452 e. The molecule has 7 nitrogen and oxygen atoms in total. The van der Waals surface area contributed by atoms with Crippen LogP contribution in [0.5, 0.6) is 5.75 Å². The van der Waals surface area contributed by atoms with E-state index in [4.69, 9.17) is 13.3 Å². The van der Waals surface area contributed by atoms with Gasteiger partial charge in [-0.2, -0.15) is 83.4 Å². The summed E-state index contributed by atoms with van der Waals surface area (Å²) in [6, 6.07) is -0.115. The molecular weight excluding hydrogens is 831 g/mol. The van der Waals surface area contributed by atoms with Gasteiger partial charge in [0.2, 0.25) is 21.2 Å². The Labute approximate surface area is 287 Å². The van der Waals surface area contributed by atoms with Gasteiger partial charge in [-0.15, -0.1) is 0 Å². The summed E-state index contributed by atoms with van der Waals surface area (Å²) in [5.41, 5.74) is -15.0. The Kier molecular flexibility index (Phi) is 14.9. The van der Waals surface area contributed by atoms with E-state index in [0.29, 0.717) is 0 Å². The molecule has 0 atom stereocenters. The van der Waals surface area contributed by atoms with Gasteiger partial charge >= 0.3 is 51.5 Å². The predicted molar refractivity (Wildman–Crippen MR) is 142 cm³/mol. The Morgan fingerprint density at radius 3 is 1.32 bits per heavy atom. The van der Waals surface area contributed by atoms with Gasteiger partial charge < -0.3 is 18.0 Å². The molecule has 0 bridgehead atoms. The van der Waals surface area contributed by atoms with E-state index < -0.39 is 95.5 Å². The number of nitrogens with one attached hydrogen (secondary N) is 1. The maximum Gasteiger partial charge on any atom is 0.500 e. The molecule has 310 valence electrons. The normalized spacial score (nSPS) is 15.4. The molecule has 0 saturated carbocycles. The van der Waals surface area contributed by atoms with Crippen molar-refractivity contribution in [1.29, 1.82) is 0 Å². The van der Waals surface area contributed by atoms with Crippen LogP contribution in [0.4, 0.5) is 83.4 Å². The van der Waals surface area contributed by atoms with Gasteiger partial charge in [0, 0.05) is 32.4 Å². The first-order chi connectivity index (χ1) is 23.6. The van der Waals surface area contributed by atoms with E-state index in [1.807, 2.05) is 4.72 Å². The summed E-state index contributed by atoms with van der Waals surface area (Å²) in [7, 11) is -8.09. The minimum absolute atomic E-state index is 0.00605. The molecule has 0 amide bonds. The van der Waals surface area contributed by atoms with E-state index in [2.05, 4.69) is 4.74 Å². The van der Waals surface area contributed by atoms with Crippen molar-refractivity contribution in [3.8, 4) is 5.75 Å². The quantitative estimate of drug-likeness (QED) is 0.0729. The van der Waals surface area contributed by atoms with E-state index in [1.54, 1.807) is 20.8 Å². The summed E-state index contributed by atoms with van der Waals surface area (Å²) >= 11 is 0. The fraction of sp³-hybridized carbons (Fsp3) is 0.680. The predicted octanol–water partition coefficient (Wildman–Crippen LogP) is 9.10. The lowest BCUT2D eigenvalue weighted by atomic mass is 9.66. The second-order valence-electron chi connectivity index (χ2n) is 10.1. The second kappa shape index (κ2) is 16.3. The number of halogens is 19. The Hall–Kier alpha value is -2.56. The number of hydrogen-bond donors (Lipinski definition) is 1. The fourth-order valence-corrected chi connectivity index (χ4v) is 8.28. The lowest BCUT2D eigenvalue weighted by Crippen LogP contribution is -2.73. The first-order valence-corrected chi connectivity index (χ1v) is 17.5. The summed E-state index contributed by atoms with van der Waals surface area (Å²) < 4.78 is 310. The van der Waals surface area contributed by atoms with Crippen molar-refractivity contribution >= 4 is 18.8 Å². The molecule has 1 N–H and O–H groups in total. The summed E-state index contributed by atoms with van der Waals surface area (Å²) in [5.74, 6) is -25.0. The van der Waals surface area contributed by atoms with Gasteiger partial charge in [-0.25, -0.2) is 13.1 Å². The van der Waals surface area contributed by atoms with Gasteiger partial charge in [0.05, 0.1) is 4.90 Å². The van der Waals surface area contributed by atoms with Crippen LogP contribution in [-0.4, -0.2) is 86.3 Å². The smallest absolute Gasteiger partial charge is 0.452 e. The minimum atomic E-state index is -9.16. The Balaban J connectivity index is 3.96. The van der Waals surface area contributed by atoms with Crippen molar-refractivity contribution in [2.45, 2.75) is 80.9 Å². The summed E-state index contributed by atoms with van der Waals surface area (Å²) in [6.07, 6.45) is -41.6. The largest absolute Gasteiger partial charge is 0.500 e. The molecule has 0 aliphatic rings. The van der Waals surface area contributed by atoms with Crippen LogP contribution in [0, 0.1) is 5.41 Å². The molecule has 0 heterocycles. The van der Waals surface area contributed by atoms with E-state index in [9.17, 15) is 91.8 Å². The van der Waals surface area contributed by atoms with Crippen molar-refractivity contribution in [2.24, 2.45) is 5.41 Å². The number of hydrogen-bond acceptors (Lipinski definition) is 6. The summed E-state index contributed by atoms with van der Waals surface area (Å²) in [6.45, 7) is 4.68. The molecule has 0 radical (unpaired) electrons. The lowest BCUT2D eigenvalue weighted by molar-refractivity contribution is -0.457. The van der Waals surface area contributed by atoms with E-state index in [0.717, 1.165) is 0 Å². The number of allylic oxidation sites excluding steroid dienone is 2. The van der Waals surface area contributed by atoms with Crippen molar-refractivity contribution in [3.05, 3.63) is 35.6 Å². The third-order valence-corrected chi connectivity index (χ3v) is 11.2. The Bertz CT molecular complexity index is 1460. The van der Waals surface area contributed by atoms with Gasteiger partial charge in [0.1, 0.15) is 11.3 Å². The third kappa shape index (κ3) is 10.0. The highest BCUT2D eigenvalue weighted by Crippen LogP contribution is 2.72. The highest BCUT2D eigenvalue weighted by molar-refractivity contribution is 7.89. The maximum atomic E-state index is 14.5. The maximum absolute atomic E-state index is 14.5. The first-order valence-electron chi connectivity index (χ1n) is 14.1.